The van der Waals surface area contributed by atoms with Crippen LogP contribution in [0, 0.1) is 11.3 Å². The Kier molecular flexibility index (Phi) is 6.21. The summed E-state index contributed by atoms with van der Waals surface area (Å²) in [6.07, 6.45) is -4.56. The van der Waals surface area contributed by atoms with Gasteiger partial charge in [-0.25, -0.2) is 8.42 Å². The van der Waals surface area contributed by atoms with E-state index in [1.54, 1.807) is 24.8 Å². The number of hydrogen-bond acceptors (Lipinski definition) is 4. The molecule has 1 heterocycles. The molecule has 0 saturated carbocycles. The molecular formula is C22H25F3N2O4S. The summed E-state index contributed by atoms with van der Waals surface area (Å²) in [6.45, 7) is 8.11. The van der Waals surface area contributed by atoms with Gasteiger partial charge in [0.2, 0.25) is 5.91 Å². The van der Waals surface area contributed by atoms with Crippen molar-refractivity contribution in [3.8, 4) is 5.75 Å². The lowest BCUT2D eigenvalue weighted by molar-refractivity contribution is -0.137. The minimum Gasteiger partial charge on any atom is -0.490 e. The van der Waals surface area contributed by atoms with Crippen LogP contribution in [0.4, 0.5) is 24.5 Å². The molecule has 2 aromatic rings. The van der Waals surface area contributed by atoms with Gasteiger partial charge in [0.1, 0.15) is 12.4 Å². The maximum atomic E-state index is 13.0. The number of carbonyl (C=O) groups is 1. The zero-order valence-electron chi connectivity index (χ0n) is 18.2. The number of nitrogens with one attached hydrogen (secondary N) is 1. The first-order valence-electron chi connectivity index (χ1n) is 9.99. The lowest BCUT2D eigenvalue weighted by atomic mass is 9.92. The molecule has 2 aromatic carbocycles. The summed E-state index contributed by atoms with van der Waals surface area (Å²) in [5.74, 6) is 0.443. The summed E-state index contributed by atoms with van der Waals surface area (Å²) in [5, 5.41) is 0. The molecule has 0 aliphatic carbocycles. The van der Waals surface area contributed by atoms with Gasteiger partial charge in [-0.15, -0.1) is 0 Å². The quantitative estimate of drug-likeness (QED) is 0.674. The third-order valence-electron chi connectivity index (χ3n) is 4.96. The molecule has 0 bridgehead atoms. The van der Waals surface area contributed by atoms with E-state index in [-0.39, 0.29) is 29.0 Å². The molecule has 0 radical (unpaired) electrons. The fourth-order valence-corrected chi connectivity index (χ4v) is 4.34. The molecule has 3 rings (SSSR count). The molecule has 6 nitrogen and oxygen atoms in total. The fraction of sp³-hybridized carbons (Fsp3) is 0.409. The SMILES string of the molecule is CC(C)CN1C(=O)C(C)(C)COc2cc(NS(=O)(=O)c3ccc(C(F)(F)F)cc3)ccc21. The molecule has 1 aliphatic rings. The van der Waals surface area contributed by atoms with E-state index in [4.69, 9.17) is 4.74 Å². The van der Waals surface area contributed by atoms with E-state index in [2.05, 4.69) is 4.72 Å². The van der Waals surface area contributed by atoms with Crippen LogP contribution < -0.4 is 14.4 Å². The fourth-order valence-electron chi connectivity index (χ4n) is 3.29. The Morgan fingerprint density at radius 2 is 1.75 bits per heavy atom. The topological polar surface area (TPSA) is 75.7 Å². The second-order valence-corrected chi connectivity index (χ2v) is 10.5. The van der Waals surface area contributed by atoms with E-state index in [0.717, 1.165) is 12.1 Å². The number of fused-ring (bicyclic) bond motifs is 1. The maximum Gasteiger partial charge on any atom is 0.416 e. The van der Waals surface area contributed by atoms with Crippen LogP contribution in [-0.4, -0.2) is 27.5 Å². The summed E-state index contributed by atoms with van der Waals surface area (Å²) in [5.41, 5.74) is -1.01. The number of alkyl halides is 3. The van der Waals surface area contributed by atoms with Crippen molar-refractivity contribution in [3.05, 3.63) is 48.0 Å². The summed E-state index contributed by atoms with van der Waals surface area (Å²) < 4.78 is 71.8. The smallest absolute Gasteiger partial charge is 0.416 e. The van der Waals surface area contributed by atoms with Crippen LogP contribution in [0.25, 0.3) is 0 Å². The van der Waals surface area contributed by atoms with Crippen LogP contribution >= 0.6 is 0 Å². The molecule has 174 valence electrons. The molecule has 1 N–H and O–H groups in total. The first kappa shape index (κ1) is 23.9. The zero-order valence-corrected chi connectivity index (χ0v) is 19.0. The van der Waals surface area contributed by atoms with E-state index in [1.807, 2.05) is 13.8 Å². The Balaban J connectivity index is 1.91. The number of halogens is 3. The van der Waals surface area contributed by atoms with Crippen LogP contribution in [0.3, 0.4) is 0 Å². The Morgan fingerprint density at radius 1 is 1.12 bits per heavy atom. The van der Waals surface area contributed by atoms with E-state index in [9.17, 15) is 26.4 Å². The summed E-state index contributed by atoms with van der Waals surface area (Å²) in [7, 11) is -4.13. The van der Waals surface area contributed by atoms with Gasteiger partial charge in [-0.05, 0) is 56.2 Å². The molecule has 0 saturated heterocycles. The first-order valence-corrected chi connectivity index (χ1v) is 11.5. The molecule has 10 heteroatoms. The first-order chi connectivity index (χ1) is 14.7. The van der Waals surface area contributed by atoms with Crippen molar-refractivity contribution in [2.45, 2.75) is 38.8 Å². The van der Waals surface area contributed by atoms with Gasteiger partial charge in [0, 0.05) is 12.6 Å². The van der Waals surface area contributed by atoms with Gasteiger partial charge in [0.25, 0.3) is 10.0 Å². The minimum atomic E-state index is -4.56. The van der Waals surface area contributed by atoms with Gasteiger partial charge >= 0.3 is 6.18 Å². The van der Waals surface area contributed by atoms with Crippen LogP contribution in [0.2, 0.25) is 0 Å². The third kappa shape index (κ3) is 5.01. The third-order valence-corrected chi connectivity index (χ3v) is 6.35. The van der Waals surface area contributed by atoms with Crippen molar-refractivity contribution in [2.24, 2.45) is 11.3 Å². The Hall–Kier alpha value is -2.75. The van der Waals surface area contributed by atoms with Crippen molar-refractivity contribution >= 4 is 27.3 Å². The lowest BCUT2D eigenvalue weighted by Gasteiger charge is -2.29. The van der Waals surface area contributed by atoms with Gasteiger partial charge in [0.15, 0.2) is 0 Å². The molecule has 0 atom stereocenters. The highest BCUT2D eigenvalue weighted by atomic mass is 32.2. The van der Waals surface area contributed by atoms with Crippen molar-refractivity contribution in [1.82, 2.24) is 0 Å². The average molecular weight is 471 g/mol. The Bertz CT molecular complexity index is 1110. The van der Waals surface area contributed by atoms with Crippen LogP contribution in [-0.2, 0) is 21.0 Å². The van der Waals surface area contributed by atoms with Crippen LogP contribution in [0.1, 0.15) is 33.3 Å². The van der Waals surface area contributed by atoms with E-state index in [1.165, 1.54) is 12.1 Å². The molecule has 0 unspecified atom stereocenters. The van der Waals surface area contributed by atoms with Crippen molar-refractivity contribution in [3.63, 3.8) is 0 Å². The summed E-state index contributed by atoms with van der Waals surface area (Å²) >= 11 is 0. The number of rotatable bonds is 5. The molecule has 1 amide bonds. The number of amides is 1. The largest absolute Gasteiger partial charge is 0.490 e. The number of hydrogen-bond donors (Lipinski definition) is 1. The predicted octanol–water partition coefficient (Wildman–Crippen LogP) is 4.91. The standard InChI is InChI=1S/C22H25F3N2O4S/c1-14(2)12-27-18-10-7-16(11-19(18)31-13-21(3,4)20(27)28)26-32(29,30)17-8-5-15(6-9-17)22(23,24)25/h5-11,14,26H,12-13H2,1-4H3. The molecule has 32 heavy (non-hydrogen) atoms. The normalized spacial score (nSPS) is 16.4. The number of anilines is 2. The highest BCUT2D eigenvalue weighted by Crippen LogP contribution is 2.39. The maximum absolute atomic E-state index is 13.0. The van der Waals surface area contributed by atoms with E-state index < -0.39 is 27.2 Å². The van der Waals surface area contributed by atoms with Gasteiger partial charge < -0.3 is 9.64 Å². The zero-order chi connectivity index (χ0) is 23.9. The second-order valence-electron chi connectivity index (χ2n) is 8.79. The van der Waals surface area contributed by atoms with Crippen LogP contribution in [0.5, 0.6) is 5.75 Å². The van der Waals surface area contributed by atoms with Gasteiger partial charge in [-0.3, -0.25) is 9.52 Å². The van der Waals surface area contributed by atoms with Crippen molar-refractivity contribution < 1.29 is 31.1 Å². The molecule has 0 spiro atoms. The average Bonchev–Trinajstić information content (AvgIpc) is 2.77. The summed E-state index contributed by atoms with van der Waals surface area (Å²) in [4.78, 5) is 14.4. The minimum absolute atomic E-state index is 0.0944. The summed E-state index contributed by atoms with van der Waals surface area (Å²) in [6, 6.07) is 7.79. The number of carbonyl (C=O) groups excluding carboxylic acids is 1. The van der Waals surface area contributed by atoms with Crippen LogP contribution in [0.15, 0.2) is 47.4 Å². The molecule has 0 aromatic heterocycles. The molecule has 1 aliphatic heterocycles. The van der Waals surface area contributed by atoms with Gasteiger partial charge in [0.05, 0.1) is 27.2 Å². The van der Waals surface area contributed by atoms with E-state index in [0.29, 0.717) is 30.1 Å². The van der Waals surface area contributed by atoms with Crippen molar-refractivity contribution in [2.75, 3.05) is 22.8 Å². The number of nitrogens with zero attached hydrogens (tertiary/aromatic N) is 1. The predicted molar refractivity (Wildman–Crippen MR) is 115 cm³/mol. The van der Waals surface area contributed by atoms with Gasteiger partial charge in [-0.2, -0.15) is 13.2 Å². The highest BCUT2D eigenvalue weighted by molar-refractivity contribution is 7.92. The van der Waals surface area contributed by atoms with Crippen molar-refractivity contribution in [1.29, 1.82) is 0 Å². The number of benzene rings is 2. The molecule has 0 fully saturated rings. The number of sulfonamides is 1. The number of ether oxygens (including phenoxy) is 1. The Labute approximate surface area is 185 Å². The second kappa shape index (κ2) is 8.31. The monoisotopic (exact) mass is 470 g/mol. The van der Waals surface area contributed by atoms with E-state index >= 15 is 0 Å². The molecular weight excluding hydrogens is 445 g/mol. The lowest BCUT2D eigenvalue weighted by Crippen LogP contribution is -2.43. The van der Waals surface area contributed by atoms with Gasteiger partial charge in [-0.1, -0.05) is 13.8 Å². The highest BCUT2D eigenvalue weighted by Gasteiger charge is 2.38. The Morgan fingerprint density at radius 3 is 2.31 bits per heavy atom.